The van der Waals surface area contributed by atoms with E-state index in [1.807, 2.05) is 0 Å². The third kappa shape index (κ3) is 3.99. The van der Waals surface area contributed by atoms with Gasteiger partial charge in [0.1, 0.15) is 0 Å². The SMILES string of the molecule is C=C(OP(=O)(OC(=C)C(=O)O)C(=O)O)C(=O)O. The average molecular weight is 266 g/mol. The van der Waals surface area contributed by atoms with Crippen molar-refractivity contribution in [1.82, 2.24) is 0 Å². The molecule has 0 aliphatic heterocycles. The summed E-state index contributed by atoms with van der Waals surface area (Å²) < 4.78 is 19.4. The smallest absolute Gasteiger partial charge is 0.475 e. The Labute approximate surface area is 94.1 Å². The van der Waals surface area contributed by atoms with Crippen LogP contribution in [0.2, 0.25) is 0 Å². The normalized spacial score (nSPS) is 10.1. The molecule has 9 nitrogen and oxygen atoms in total. The summed E-state index contributed by atoms with van der Waals surface area (Å²) >= 11 is 0. The van der Waals surface area contributed by atoms with Crippen molar-refractivity contribution in [3.63, 3.8) is 0 Å². The molecule has 0 aliphatic rings. The molecule has 0 saturated carbocycles. The largest absolute Gasteiger partial charge is 0.540 e. The summed E-state index contributed by atoms with van der Waals surface area (Å²) in [5.74, 6) is -5.91. The first-order valence-electron chi connectivity index (χ1n) is 3.67. The van der Waals surface area contributed by atoms with Crippen LogP contribution in [0.4, 0.5) is 4.79 Å². The van der Waals surface area contributed by atoms with Crippen molar-refractivity contribution in [2.24, 2.45) is 0 Å². The summed E-state index contributed by atoms with van der Waals surface area (Å²) in [5, 5.41) is 25.2. The molecule has 0 saturated heterocycles. The molecule has 0 spiro atoms. The molecule has 0 atom stereocenters. The number of hydrogen-bond acceptors (Lipinski definition) is 6. The zero-order chi connectivity index (χ0) is 13.8. The van der Waals surface area contributed by atoms with Crippen LogP contribution in [0.3, 0.4) is 0 Å². The van der Waals surface area contributed by atoms with Crippen LogP contribution in [0.5, 0.6) is 0 Å². The second kappa shape index (κ2) is 5.17. The van der Waals surface area contributed by atoms with Crippen molar-refractivity contribution in [1.29, 1.82) is 0 Å². The molecule has 10 heteroatoms. The Balaban J connectivity index is 5.07. The molecule has 0 aliphatic carbocycles. The van der Waals surface area contributed by atoms with Gasteiger partial charge in [0.2, 0.25) is 11.5 Å². The van der Waals surface area contributed by atoms with Crippen LogP contribution in [0.25, 0.3) is 0 Å². The predicted octanol–water partition coefficient (Wildman–Crippen LogP) is 1.09. The van der Waals surface area contributed by atoms with Crippen LogP contribution in [0.1, 0.15) is 0 Å². The van der Waals surface area contributed by atoms with Gasteiger partial charge in [-0.1, -0.05) is 0 Å². The number of carbonyl (C=O) groups is 3. The van der Waals surface area contributed by atoms with Gasteiger partial charge in [0, 0.05) is 0 Å². The lowest BCUT2D eigenvalue weighted by atomic mass is 10.6. The van der Waals surface area contributed by atoms with Gasteiger partial charge in [0.05, 0.1) is 0 Å². The van der Waals surface area contributed by atoms with Crippen molar-refractivity contribution >= 4 is 25.2 Å². The molecule has 94 valence electrons. The summed E-state index contributed by atoms with van der Waals surface area (Å²) in [4.78, 5) is 31.1. The maximum absolute atomic E-state index is 11.5. The highest BCUT2D eigenvalue weighted by atomic mass is 31.2. The van der Waals surface area contributed by atoms with Crippen molar-refractivity contribution in [3.8, 4) is 0 Å². The first-order valence-corrected chi connectivity index (χ1v) is 5.21. The quantitative estimate of drug-likeness (QED) is 0.349. The lowest BCUT2D eigenvalue weighted by molar-refractivity contribution is -0.135. The van der Waals surface area contributed by atoms with Gasteiger partial charge in [-0.2, -0.15) is 0 Å². The van der Waals surface area contributed by atoms with E-state index in [1.54, 1.807) is 0 Å². The van der Waals surface area contributed by atoms with Crippen LogP contribution in [-0.4, -0.2) is 33.0 Å². The van der Waals surface area contributed by atoms with E-state index in [4.69, 9.17) is 15.3 Å². The average Bonchev–Trinajstić information content (AvgIpc) is 2.16. The minimum absolute atomic E-state index is 1.17. The fourth-order valence-corrected chi connectivity index (χ4v) is 1.39. The molecule has 0 amide bonds. The van der Waals surface area contributed by atoms with E-state index in [2.05, 4.69) is 22.2 Å². The zero-order valence-corrected chi connectivity index (χ0v) is 9.05. The molecule has 0 unspecified atom stereocenters. The van der Waals surface area contributed by atoms with E-state index < -0.39 is 36.8 Å². The van der Waals surface area contributed by atoms with E-state index in [0.29, 0.717) is 0 Å². The minimum Gasteiger partial charge on any atom is -0.475 e. The minimum atomic E-state index is -5.06. The number of hydrogen-bond donors (Lipinski definition) is 3. The van der Waals surface area contributed by atoms with Crippen molar-refractivity contribution in [3.05, 3.63) is 24.7 Å². The Hall–Kier alpha value is -2.28. The maximum Gasteiger partial charge on any atom is 0.540 e. The van der Waals surface area contributed by atoms with Crippen LogP contribution in [0.15, 0.2) is 24.7 Å². The highest BCUT2D eigenvalue weighted by Crippen LogP contribution is 2.52. The van der Waals surface area contributed by atoms with E-state index >= 15 is 0 Å². The number of rotatable bonds is 7. The van der Waals surface area contributed by atoms with E-state index in [0.717, 1.165) is 0 Å². The Morgan fingerprint density at radius 2 is 1.18 bits per heavy atom. The van der Waals surface area contributed by atoms with Gasteiger partial charge in [0.15, 0.2) is 0 Å². The first kappa shape index (κ1) is 14.7. The summed E-state index contributed by atoms with van der Waals surface area (Å²) in [6, 6.07) is 0. The molecular weight excluding hydrogens is 259 g/mol. The third-order valence-corrected chi connectivity index (χ3v) is 2.56. The zero-order valence-electron chi connectivity index (χ0n) is 8.15. The maximum atomic E-state index is 11.5. The fraction of sp³-hybridized carbons (Fsp3) is 0. The number of carboxylic acids is 2. The predicted molar refractivity (Wildman–Crippen MR) is 51.4 cm³/mol. The van der Waals surface area contributed by atoms with E-state index in [1.165, 1.54) is 0 Å². The molecule has 0 heterocycles. The Kier molecular flexibility index (Phi) is 4.48. The standard InChI is InChI=1S/C7H7O9P/c1-3(5(8)9)15-17(14,7(12)13)16-4(2)6(10)11/h1-2H2,(H,8,9)(H,10,11)(H,12,13). The topological polar surface area (TPSA) is 147 Å². The van der Waals surface area contributed by atoms with Gasteiger partial charge < -0.3 is 24.4 Å². The van der Waals surface area contributed by atoms with Crippen LogP contribution in [-0.2, 0) is 23.2 Å². The molecule has 0 aromatic heterocycles. The van der Waals surface area contributed by atoms with Gasteiger partial charge in [-0.05, 0) is 13.2 Å². The molecule has 3 N–H and O–H groups in total. The van der Waals surface area contributed by atoms with Gasteiger partial charge in [0.25, 0.3) is 0 Å². The van der Waals surface area contributed by atoms with Crippen molar-refractivity contribution in [2.75, 3.05) is 0 Å². The molecule has 0 radical (unpaired) electrons. The Bertz CT molecular complexity index is 416. The monoisotopic (exact) mass is 266 g/mol. The van der Waals surface area contributed by atoms with Gasteiger partial charge in [-0.25, -0.2) is 18.9 Å². The molecule has 0 fully saturated rings. The number of aliphatic carboxylic acids is 2. The summed E-state index contributed by atoms with van der Waals surface area (Å²) in [6.45, 7) is 5.52. The van der Waals surface area contributed by atoms with E-state index in [9.17, 15) is 18.9 Å². The highest BCUT2D eigenvalue weighted by molar-refractivity contribution is 7.71. The van der Waals surface area contributed by atoms with Gasteiger partial charge in [-0.3, -0.25) is 0 Å². The Morgan fingerprint density at radius 1 is 0.882 bits per heavy atom. The summed E-state index contributed by atoms with van der Waals surface area (Å²) in [5.41, 5.74) is -2.18. The van der Waals surface area contributed by atoms with Crippen molar-refractivity contribution in [2.45, 2.75) is 0 Å². The highest BCUT2D eigenvalue weighted by Gasteiger charge is 2.41. The molecule has 0 aromatic carbocycles. The van der Waals surface area contributed by atoms with Crippen LogP contribution in [0, 0.1) is 0 Å². The molecule has 0 aromatic rings. The van der Waals surface area contributed by atoms with Crippen LogP contribution < -0.4 is 0 Å². The summed E-state index contributed by atoms with van der Waals surface area (Å²) in [6.07, 6.45) is 0. The first-order chi connectivity index (χ1) is 7.60. The fourth-order valence-electron chi connectivity index (χ4n) is 0.465. The molecule has 0 bridgehead atoms. The van der Waals surface area contributed by atoms with E-state index in [-0.39, 0.29) is 0 Å². The van der Waals surface area contributed by atoms with Crippen LogP contribution >= 0.6 is 7.60 Å². The third-order valence-electron chi connectivity index (χ3n) is 1.17. The number of carboxylic acid groups (broad SMARTS) is 3. The second-order valence-electron chi connectivity index (χ2n) is 2.42. The van der Waals surface area contributed by atoms with Gasteiger partial charge >= 0.3 is 25.2 Å². The molecule has 17 heavy (non-hydrogen) atoms. The van der Waals surface area contributed by atoms with Crippen molar-refractivity contribution < 1.29 is 43.3 Å². The second-order valence-corrected chi connectivity index (χ2v) is 4.16. The molecule has 0 rings (SSSR count). The Morgan fingerprint density at radius 3 is 1.35 bits per heavy atom. The lowest BCUT2D eigenvalue weighted by Gasteiger charge is -2.14. The molecular formula is C7H7O9P. The van der Waals surface area contributed by atoms with Gasteiger partial charge in [-0.15, -0.1) is 0 Å². The lowest BCUT2D eigenvalue weighted by Crippen LogP contribution is -2.11. The summed E-state index contributed by atoms with van der Waals surface area (Å²) in [7, 11) is -5.06.